The summed E-state index contributed by atoms with van der Waals surface area (Å²) in [7, 11) is 0. The van der Waals surface area contributed by atoms with Gasteiger partial charge in [-0.05, 0) is 55.7 Å². The average Bonchev–Trinajstić information content (AvgIpc) is 3.19. The molecule has 5 nitrogen and oxygen atoms in total. The summed E-state index contributed by atoms with van der Waals surface area (Å²) in [6, 6.07) is 14.7. The molecule has 3 rings (SSSR count). The molecule has 1 saturated heterocycles. The van der Waals surface area contributed by atoms with Crippen LogP contribution in [0.2, 0.25) is 0 Å². The predicted octanol–water partition coefficient (Wildman–Crippen LogP) is 3.79. The van der Waals surface area contributed by atoms with Gasteiger partial charge in [0.05, 0.1) is 11.7 Å². The Balaban J connectivity index is 1.39. The Hall–Kier alpha value is -2.53. The van der Waals surface area contributed by atoms with Gasteiger partial charge in [-0.25, -0.2) is 4.79 Å². The third-order valence-corrected chi connectivity index (χ3v) is 4.22. The first kappa shape index (κ1) is 18.3. The minimum atomic E-state index is -0.371. The van der Waals surface area contributed by atoms with E-state index in [-0.39, 0.29) is 18.7 Å². The molecule has 138 valence electrons. The molecule has 1 aliphatic heterocycles. The molecule has 26 heavy (non-hydrogen) atoms. The van der Waals surface area contributed by atoms with E-state index >= 15 is 0 Å². The van der Waals surface area contributed by atoms with Gasteiger partial charge in [-0.1, -0.05) is 18.2 Å². The van der Waals surface area contributed by atoms with Gasteiger partial charge in [0.2, 0.25) is 0 Å². The third kappa shape index (κ3) is 5.23. The van der Waals surface area contributed by atoms with Crippen molar-refractivity contribution < 1.29 is 23.7 Å². The van der Waals surface area contributed by atoms with E-state index < -0.39 is 0 Å². The van der Waals surface area contributed by atoms with Gasteiger partial charge in [0, 0.05) is 6.61 Å². The minimum absolute atomic E-state index is 0.174. The lowest BCUT2D eigenvalue weighted by atomic mass is 10.2. The number of aryl methyl sites for hydroxylation is 1. The monoisotopic (exact) mass is 356 g/mol. The molecule has 0 N–H and O–H groups in total. The van der Waals surface area contributed by atoms with Gasteiger partial charge in [-0.15, -0.1) is 0 Å². The van der Waals surface area contributed by atoms with Crippen LogP contribution < -0.4 is 9.47 Å². The fraction of sp³-hybridized carbons (Fsp3) is 0.381. The normalized spacial score (nSPS) is 16.3. The van der Waals surface area contributed by atoms with E-state index in [0.717, 1.165) is 36.5 Å². The van der Waals surface area contributed by atoms with Crippen molar-refractivity contribution in [2.45, 2.75) is 25.9 Å². The van der Waals surface area contributed by atoms with E-state index in [9.17, 15) is 4.79 Å². The SMILES string of the molecule is Cc1ccccc1OCCOC(=O)c1ccc(OCC2CCCO2)cc1. The molecule has 0 aliphatic carbocycles. The first-order chi connectivity index (χ1) is 12.7. The molecule has 1 heterocycles. The molecule has 2 aromatic carbocycles. The molecule has 1 unspecified atom stereocenters. The van der Waals surface area contributed by atoms with Gasteiger partial charge >= 0.3 is 5.97 Å². The zero-order chi connectivity index (χ0) is 18.2. The van der Waals surface area contributed by atoms with Gasteiger partial charge in [-0.2, -0.15) is 0 Å². The summed E-state index contributed by atoms with van der Waals surface area (Å²) < 4.78 is 22.1. The van der Waals surface area contributed by atoms with Crippen LogP contribution in [0.25, 0.3) is 0 Å². The van der Waals surface area contributed by atoms with E-state index in [1.165, 1.54) is 0 Å². The smallest absolute Gasteiger partial charge is 0.338 e. The number of carbonyl (C=O) groups excluding carboxylic acids is 1. The Bertz CT molecular complexity index is 705. The Labute approximate surface area is 153 Å². The molecule has 0 saturated carbocycles. The zero-order valence-electron chi connectivity index (χ0n) is 15.0. The molecule has 1 atom stereocenters. The Morgan fingerprint density at radius 3 is 2.62 bits per heavy atom. The molecule has 2 aromatic rings. The second kappa shape index (κ2) is 9.25. The highest BCUT2D eigenvalue weighted by Crippen LogP contribution is 2.18. The van der Waals surface area contributed by atoms with Crippen molar-refractivity contribution >= 4 is 5.97 Å². The molecule has 1 fully saturated rings. The Morgan fingerprint density at radius 1 is 1.08 bits per heavy atom. The maximum absolute atomic E-state index is 12.1. The number of para-hydroxylation sites is 1. The van der Waals surface area contributed by atoms with E-state index in [1.807, 2.05) is 31.2 Å². The number of hydrogen-bond acceptors (Lipinski definition) is 5. The summed E-state index contributed by atoms with van der Waals surface area (Å²) in [6.07, 6.45) is 2.30. The largest absolute Gasteiger partial charge is 0.491 e. The molecule has 5 heteroatoms. The van der Waals surface area contributed by atoms with Gasteiger partial charge in [-0.3, -0.25) is 0 Å². The number of esters is 1. The maximum Gasteiger partial charge on any atom is 0.338 e. The van der Waals surface area contributed by atoms with E-state index in [2.05, 4.69) is 0 Å². The van der Waals surface area contributed by atoms with Crippen LogP contribution in [0, 0.1) is 6.92 Å². The summed E-state index contributed by atoms with van der Waals surface area (Å²) in [4.78, 5) is 12.1. The van der Waals surface area contributed by atoms with Crippen LogP contribution in [-0.4, -0.2) is 38.5 Å². The zero-order valence-corrected chi connectivity index (χ0v) is 15.0. The second-order valence-electron chi connectivity index (χ2n) is 6.22. The summed E-state index contributed by atoms with van der Waals surface area (Å²) in [5, 5.41) is 0. The highest BCUT2D eigenvalue weighted by molar-refractivity contribution is 5.89. The summed E-state index contributed by atoms with van der Waals surface area (Å²) >= 11 is 0. The van der Waals surface area contributed by atoms with Gasteiger partial charge in [0.15, 0.2) is 0 Å². The van der Waals surface area contributed by atoms with Crippen LogP contribution >= 0.6 is 0 Å². The molecule has 0 spiro atoms. The van der Waals surface area contributed by atoms with Crippen molar-refractivity contribution in [3.05, 3.63) is 59.7 Å². The molecule has 1 aliphatic rings. The van der Waals surface area contributed by atoms with E-state index in [1.54, 1.807) is 24.3 Å². The van der Waals surface area contributed by atoms with Crippen molar-refractivity contribution in [1.29, 1.82) is 0 Å². The topological polar surface area (TPSA) is 54.0 Å². The van der Waals surface area contributed by atoms with Gasteiger partial charge in [0.1, 0.15) is 31.3 Å². The molecule has 0 radical (unpaired) electrons. The molecular formula is C21H24O5. The quantitative estimate of drug-likeness (QED) is 0.532. The molecule has 0 bridgehead atoms. The van der Waals surface area contributed by atoms with Crippen LogP contribution in [-0.2, 0) is 9.47 Å². The van der Waals surface area contributed by atoms with Crippen LogP contribution in [0.4, 0.5) is 0 Å². The van der Waals surface area contributed by atoms with Crippen molar-refractivity contribution in [3.8, 4) is 11.5 Å². The maximum atomic E-state index is 12.1. The number of carbonyl (C=O) groups is 1. The number of rotatable bonds is 8. The number of benzene rings is 2. The van der Waals surface area contributed by atoms with Crippen LogP contribution in [0.15, 0.2) is 48.5 Å². The standard InChI is InChI=1S/C21H24O5/c1-16-5-2-3-7-20(16)24-13-14-25-21(22)17-8-10-18(11-9-17)26-15-19-6-4-12-23-19/h2-3,5,7-11,19H,4,6,12-15H2,1H3. The van der Waals surface area contributed by atoms with Crippen LogP contribution in [0.5, 0.6) is 11.5 Å². The third-order valence-electron chi connectivity index (χ3n) is 4.22. The predicted molar refractivity (Wildman–Crippen MR) is 97.9 cm³/mol. The summed E-state index contributed by atoms with van der Waals surface area (Å²) in [5.74, 6) is 1.15. The fourth-order valence-electron chi connectivity index (χ4n) is 2.74. The van der Waals surface area contributed by atoms with Crippen LogP contribution in [0.3, 0.4) is 0 Å². The van der Waals surface area contributed by atoms with E-state index in [4.69, 9.17) is 18.9 Å². The minimum Gasteiger partial charge on any atom is -0.491 e. The summed E-state index contributed by atoms with van der Waals surface area (Å²) in [6.45, 7) is 3.85. The first-order valence-corrected chi connectivity index (χ1v) is 8.92. The van der Waals surface area contributed by atoms with E-state index in [0.29, 0.717) is 18.8 Å². The van der Waals surface area contributed by atoms with Crippen LogP contribution in [0.1, 0.15) is 28.8 Å². The first-order valence-electron chi connectivity index (χ1n) is 8.92. The van der Waals surface area contributed by atoms with Gasteiger partial charge in [0.25, 0.3) is 0 Å². The summed E-state index contributed by atoms with van der Waals surface area (Å²) in [5.41, 5.74) is 1.54. The lowest BCUT2D eigenvalue weighted by Crippen LogP contribution is -2.16. The molecule has 0 aromatic heterocycles. The fourth-order valence-corrected chi connectivity index (χ4v) is 2.74. The van der Waals surface area contributed by atoms with Gasteiger partial charge < -0.3 is 18.9 Å². The van der Waals surface area contributed by atoms with Crippen molar-refractivity contribution in [2.75, 3.05) is 26.4 Å². The lowest BCUT2D eigenvalue weighted by Gasteiger charge is -2.12. The van der Waals surface area contributed by atoms with Crippen molar-refractivity contribution in [2.24, 2.45) is 0 Å². The lowest BCUT2D eigenvalue weighted by molar-refractivity contribution is 0.0449. The Kier molecular flexibility index (Phi) is 6.50. The Morgan fingerprint density at radius 2 is 1.88 bits per heavy atom. The molecule has 0 amide bonds. The number of hydrogen-bond donors (Lipinski definition) is 0. The second-order valence-corrected chi connectivity index (χ2v) is 6.22. The molecular weight excluding hydrogens is 332 g/mol. The average molecular weight is 356 g/mol. The van der Waals surface area contributed by atoms with Crippen molar-refractivity contribution in [3.63, 3.8) is 0 Å². The highest BCUT2D eigenvalue weighted by Gasteiger charge is 2.16. The van der Waals surface area contributed by atoms with Crippen molar-refractivity contribution in [1.82, 2.24) is 0 Å². The highest BCUT2D eigenvalue weighted by atomic mass is 16.6. The number of ether oxygens (including phenoxy) is 4.